The highest BCUT2D eigenvalue weighted by Crippen LogP contribution is 2.24. The van der Waals surface area contributed by atoms with Gasteiger partial charge in [-0.15, -0.1) is 0 Å². The number of sulfonamides is 1. The third kappa shape index (κ3) is 3.28. The minimum absolute atomic E-state index is 0.0491. The van der Waals surface area contributed by atoms with Crippen molar-refractivity contribution < 1.29 is 17.2 Å². The first kappa shape index (κ1) is 16.0. The molecule has 21 heavy (non-hydrogen) atoms. The predicted octanol–water partition coefficient (Wildman–Crippen LogP) is 2.89. The number of hydrogen-bond acceptors (Lipinski definition) is 4. The third-order valence-corrected chi connectivity index (χ3v) is 5.18. The summed E-state index contributed by atoms with van der Waals surface area (Å²) in [5, 5.41) is 0. The fourth-order valence-electron chi connectivity index (χ4n) is 1.83. The van der Waals surface area contributed by atoms with Gasteiger partial charge in [0.2, 0.25) is 10.0 Å². The van der Waals surface area contributed by atoms with Crippen molar-refractivity contribution in [3.05, 3.63) is 46.1 Å². The molecule has 0 unspecified atom stereocenters. The van der Waals surface area contributed by atoms with E-state index in [1.54, 1.807) is 12.1 Å². The van der Waals surface area contributed by atoms with Gasteiger partial charge in [0.15, 0.2) is 4.67 Å². The molecule has 1 heterocycles. The number of furan rings is 1. The second kappa shape index (κ2) is 5.78. The van der Waals surface area contributed by atoms with Gasteiger partial charge in [0.1, 0.15) is 11.6 Å². The Kier molecular flexibility index (Phi) is 4.40. The number of hydrogen-bond donors (Lipinski definition) is 1. The van der Waals surface area contributed by atoms with Crippen molar-refractivity contribution in [2.45, 2.75) is 18.4 Å². The average Bonchev–Trinajstić information content (AvgIpc) is 2.80. The highest BCUT2D eigenvalue weighted by atomic mass is 79.9. The lowest BCUT2D eigenvalue weighted by molar-refractivity contribution is 0.398. The van der Waals surface area contributed by atoms with Crippen LogP contribution in [0.2, 0.25) is 0 Å². The molecule has 0 spiro atoms. The van der Waals surface area contributed by atoms with Crippen LogP contribution in [0.15, 0.2) is 38.2 Å². The number of nitrogens with zero attached hydrogens (tertiary/aromatic N) is 1. The van der Waals surface area contributed by atoms with Crippen LogP contribution in [-0.4, -0.2) is 19.8 Å². The van der Waals surface area contributed by atoms with Crippen molar-refractivity contribution >= 4 is 31.6 Å². The lowest BCUT2D eigenvalue weighted by Gasteiger charge is -2.17. The van der Waals surface area contributed by atoms with Crippen molar-refractivity contribution in [2.24, 2.45) is 0 Å². The summed E-state index contributed by atoms with van der Waals surface area (Å²) < 4.78 is 45.3. The first-order valence-corrected chi connectivity index (χ1v) is 8.21. The third-order valence-electron chi connectivity index (χ3n) is 2.97. The largest absolute Gasteiger partial charge is 0.453 e. The molecule has 0 saturated heterocycles. The Bertz CT molecular complexity index is 750. The van der Waals surface area contributed by atoms with Crippen LogP contribution < -0.4 is 5.73 Å². The molecule has 0 amide bonds. The summed E-state index contributed by atoms with van der Waals surface area (Å²) in [6, 6.07) is 5.72. The number of rotatable bonds is 4. The molecule has 2 rings (SSSR count). The van der Waals surface area contributed by atoms with Gasteiger partial charge in [-0.05, 0) is 52.7 Å². The fourth-order valence-corrected chi connectivity index (χ4v) is 3.43. The number of benzene rings is 1. The average molecular weight is 377 g/mol. The van der Waals surface area contributed by atoms with E-state index in [0.717, 1.165) is 10.4 Å². The molecule has 1 aromatic heterocycles. The van der Waals surface area contributed by atoms with E-state index < -0.39 is 15.8 Å². The zero-order chi connectivity index (χ0) is 15.8. The van der Waals surface area contributed by atoms with Crippen molar-refractivity contribution in [1.82, 2.24) is 4.31 Å². The molecule has 5 nitrogen and oxygen atoms in total. The summed E-state index contributed by atoms with van der Waals surface area (Å²) in [7, 11) is -2.36. The standard InChI is InChI=1S/C13H14BrFN2O3S/c1-8-5-10(6-11(16)13(8)15)21(18,19)17(2)7-9-3-4-12(14)20-9/h3-6H,7,16H2,1-2H3. The molecule has 0 bridgehead atoms. The van der Waals surface area contributed by atoms with Gasteiger partial charge in [0, 0.05) is 7.05 Å². The minimum atomic E-state index is -3.78. The van der Waals surface area contributed by atoms with E-state index in [2.05, 4.69) is 15.9 Å². The molecule has 0 saturated carbocycles. The fraction of sp³-hybridized carbons (Fsp3) is 0.231. The zero-order valence-corrected chi connectivity index (χ0v) is 13.8. The van der Waals surface area contributed by atoms with E-state index in [1.165, 1.54) is 20.0 Å². The molecule has 2 N–H and O–H groups in total. The molecule has 0 atom stereocenters. The molecule has 0 aliphatic rings. The molecule has 2 aromatic rings. The van der Waals surface area contributed by atoms with Crippen LogP contribution in [0.1, 0.15) is 11.3 Å². The smallest absolute Gasteiger partial charge is 0.243 e. The highest BCUT2D eigenvalue weighted by Gasteiger charge is 2.23. The monoisotopic (exact) mass is 376 g/mol. The van der Waals surface area contributed by atoms with Crippen molar-refractivity contribution in [3.63, 3.8) is 0 Å². The van der Waals surface area contributed by atoms with Crippen LogP contribution in [0.5, 0.6) is 0 Å². The molecule has 0 fully saturated rings. The Morgan fingerprint density at radius 1 is 1.38 bits per heavy atom. The van der Waals surface area contributed by atoms with Gasteiger partial charge in [-0.2, -0.15) is 4.31 Å². The Morgan fingerprint density at radius 3 is 2.57 bits per heavy atom. The molecular formula is C13H14BrFN2O3S. The van der Waals surface area contributed by atoms with E-state index in [9.17, 15) is 12.8 Å². The highest BCUT2D eigenvalue weighted by molar-refractivity contribution is 9.10. The number of nitrogens with two attached hydrogens (primary N) is 1. The van der Waals surface area contributed by atoms with E-state index in [4.69, 9.17) is 10.2 Å². The molecular weight excluding hydrogens is 363 g/mol. The van der Waals surface area contributed by atoms with Crippen LogP contribution in [0, 0.1) is 12.7 Å². The van der Waals surface area contributed by atoms with Gasteiger partial charge in [0.05, 0.1) is 17.1 Å². The van der Waals surface area contributed by atoms with Gasteiger partial charge < -0.3 is 10.2 Å². The SMILES string of the molecule is Cc1cc(S(=O)(=O)N(C)Cc2ccc(Br)o2)cc(N)c1F. The Hall–Kier alpha value is -1.38. The molecule has 0 aliphatic heterocycles. The molecule has 0 radical (unpaired) electrons. The summed E-state index contributed by atoms with van der Waals surface area (Å²) in [5.74, 6) is -0.119. The van der Waals surface area contributed by atoms with Crippen molar-refractivity contribution in [3.8, 4) is 0 Å². The summed E-state index contributed by atoms with van der Waals surface area (Å²) in [4.78, 5) is -0.0491. The van der Waals surface area contributed by atoms with Gasteiger partial charge in [0.25, 0.3) is 0 Å². The van der Waals surface area contributed by atoms with Crippen LogP contribution >= 0.6 is 15.9 Å². The Morgan fingerprint density at radius 2 is 2.05 bits per heavy atom. The van der Waals surface area contributed by atoms with Gasteiger partial charge in [-0.1, -0.05) is 0 Å². The lowest BCUT2D eigenvalue weighted by atomic mass is 10.2. The Balaban J connectivity index is 2.33. The lowest BCUT2D eigenvalue weighted by Crippen LogP contribution is -2.26. The van der Waals surface area contributed by atoms with Crippen LogP contribution in [0.3, 0.4) is 0 Å². The first-order chi connectivity index (χ1) is 9.71. The maximum Gasteiger partial charge on any atom is 0.243 e. The second-order valence-corrected chi connectivity index (χ2v) is 7.44. The number of nitrogen functional groups attached to an aromatic ring is 1. The first-order valence-electron chi connectivity index (χ1n) is 5.98. The maximum atomic E-state index is 13.5. The van der Waals surface area contributed by atoms with Crippen LogP contribution in [0.4, 0.5) is 10.1 Å². The van der Waals surface area contributed by atoms with E-state index in [0.29, 0.717) is 10.4 Å². The summed E-state index contributed by atoms with van der Waals surface area (Å²) >= 11 is 3.15. The predicted molar refractivity (Wildman–Crippen MR) is 80.6 cm³/mol. The molecule has 1 aromatic carbocycles. The number of aryl methyl sites for hydroxylation is 1. The van der Waals surface area contributed by atoms with E-state index in [1.807, 2.05) is 0 Å². The summed E-state index contributed by atoms with van der Waals surface area (Å²) in [5.41, 5.74) is 5.48. The topological polar surface area (TPSA) is 76.5 Å². The number of anilines is 1. The Labute approximate surface area is 130 Å². The minimum Gasteiger partial charge on any atom is -0.453 e. The van der Waals surface area contributed by atoms with E-state index in [-0.39, 0.29) is 22.7 Å². The van der Waals surface area contributed by atoms with Crippen molar-refractivity contribution in [1.29, 1.82) is 0 Å². The van der Waals surface area contributed by atoms with E-state index >= 15 is 0 Å². The molecule has 0 aliphatic carbocycles. The van der Waals surface area contributed by atoms with Crippen molar-refractivity contribution in [2.75, 3.05) is 12.8 Å². The second-order valence-electron chi connectivity index (χ2n) is 4.61. The normalized spacial score (nSPS) is 12.0. The maximum absolute atomic E-state index is 13.5. The van der Waals surface area contributed by atoms with Gasteiger partial charge in [-0.3, -0.25) is 0 Å². The summed E-state index contributed by atoms with van der Waals surface area (Å²) in [6.07, 6.45) is 0. The van der Waals surface area contributed by atoms with Gasteiger partial charge >= 0.3 is 0 Å². The molecule has 114 valence electrons. The van der Waals surface area contributed by atoms with Gasteiger partial charge in [-0.25, -0.2) is 12.8 Å². The van der Waals surface area contributed by atoms with Crippen LogP contribution in [0.25, 0.3) is 0 Å². The zero-order valence-electron chi connectivity index (χ0n) is 11.4. The molecule has 8 heteroatoms. The van der Waals surface area contributed by atoms with Crippen LogP contribution in [-0.2, 0) is 16.6 Å². The quantitative estimate of drug-likeness (QED) is 0.832. The number of halogens is 2. The summed E-state index contributed by atoms with van der Waals surface area (Å²) in [6.45, 7) is 1.53.